The van der Waals surface area contributed by atoms with Crippen molar-refractivity contribution in [3.63, 3.8) is 0 Å². The molecule has 1 N–H and O–H groups in total. The smallest absolute Gasteiger partial charge is 0.240 e. The molecule has 0 aromatic heterocycles. The number of carbonyl (C=O) groups is 3. The fraction of sp³-hybridized carbons (Fsp3) is 0.176. The highest BCUT2D eigenvalue weighted by molar-refractivity contribution is 6.25. The van der Waals surface area contributed by atoms with E-state index in [0.29, 0.717) is 12.1 Å². The Kier molecular flexibility index (Phi) is 5.89. The van der Waals surface area contributed by atoms with E-state index in [0.717, 1.165) is 27.8 Å². The van der Waals surface area contributed by atoms with Crippen molar-refractivity contribution in [2.24, 2.45) is 16.9 Å². The first-order valence-corrected chi connectivity index (χ1v) is 13.7. The van der Waals surface area contributed by atoms with Gasteiger partial charge < -0.3 is 0 Å². The molecule has 0 saturated carbocycles. The van der Waals surface area contributed by atoms with Gasteiger partial charge in [-0.3, -0.25) is 14.4 Å². The summed E-state index contributed by atoms with van der Waals surface area (Å²) in [5.41, 5.74) is 6.71. The predicted molar refractivity (Wildman–Crippen MR) is 153 cm³/mol. The fourth-order valence-corrected chi connectivity index (χ4v) is 7.06. The molecule has 4 aromatic carbocycles. The minimum atomic E-state index is -1.08. The Morgan fingerprint density at radius 2 is 1.44 bits per heavy atom. The molecule has 0 radical (unpaired) electrons. The summed E-state index contributed by atoms with van der Waals surface area (Å²) in [6.07, 6.45) is 2.48. The Bertz CT molecular complexity index is 1670. The van der Waals surface area contributed by atoms with Gasteiger partial charge >= 0.3 is 0 Å². The molecule has 2 bridgehead atoms. The van der Waals surface area contributed by atoms with E-state index in [9.17, 15) is 18.8 Å². The van der Waals surface area contributed by atoms with Crippen molar-refractivity contribution in [2.45, 2.75) is 24.2 Å². The third kappa shape index (κ3) is 3.76. The number of nitrogens with one attached hydrogen (secondary N) is 1. The maximum atomic E-state index is 14.3. The average molecular weight is 544 g/mol. The first-order valence-electron chi connectivity index (χ1n) is 13.7. The molecule has 41 heavy (non-hydrogen) atoms. The highest BCUT2D eigenvalue weighted by Crippen LogP contribution is 2.63. The number of rotatable bonds is 6. The standard InChI is InChI=1S/C34H26FN3O3/c35-22-15-17-23(18-16-22)38-32(40)30-29-24-10-4-6-12-26(24)34(31(30)33(38)41,27-13-7-5-11-25(27)29)20-36-37-28(39)19-14-21-8-2-1-3-9-21/h1-13,15-18,20,29-31H,14,19H2,(H,37,39)/b36-20-/t29?,30-,31+,34?/m0/s1. The molecule has 2 atom stereocenters. The van der Waals surface area contributed by atoms with Gasteiger partial charge in [-0.25, -0.2) is 14.7 Å². The first kappa shape index (κ1) is 25.1. The molecular weight excluding hydrogens is 517 g/mol. The summed E-state index contributed by atoms with van der Waals surface area (Å²) in [6, 6.07) is 30.8. The Hall–Kier alpha value is -4.91. The van der Waals surface area contributed by atoms with Crippen LogP contribution in [0.25, 0.3) is 0 Å². The zero-order valence-electron chi connectivity index (χ0n) is 22.0. The summed E-state index contributed by atoms with van der Waals surface area (Å²) < 4.78 is 13.7. The van der Waals surface area contributed by atoms with Crippen molar-refractivity contribution < 1.29 is 18.8 Å². The van der Waals surface area contributed by atoms with Crippen LogP contribution in [0.3, 0.4) is 0 Å². The molecule has 1 heterocycles. The van der Waals surface area contributed by atoms with E-state index in [1.807, 2.05) is 78.9 Å². The van der Waals surface area contributed by atoms with Gasteiger partial charge in [0.25, 0.3) is 0 Å². The zero-order valence-corrected chi connectivity index (χ0v) is 22.0. The van der Waals surface area contributed by atoms with Gasteiger partial charge in [0.05, 0.1) is 22.9 Å². The number of hydrazone groups is 1. The minimum Gasteiger partial charge on any atom is -0.274 e. The van der Waals surface area contributed by atoms with Gasteiger partial charge in [-0.05, 0) is 58.5 Å². The molecule has 0 unspecified atom stereocenters. The molecule has 202 valence electrons. The van der Waals surface area contributed by atoms with Gasteiger partial charge in [-0.2, -0.15) is 5.10 Å². The van der Waals surface area contributed by atoms with Crippen LogP contribution in [0.2, 0.25) is 0 Å². The van der Waals surface area contributed by atoms with Crippen molar-refractivity contribution in [2.75, 3.05) is 4.90 Å². The lowest BCUT2D eigenvalue weighted by Crippen LogP contribution is -2.54. The van der Waals surface area contributed by atoms with Crippen LogP contribution in [-0.2, 0) is 26.2 Å². The Balaban J connectivity index is 1.31. The summed E-state index contributed by atoms with van der Waals surface area (Å²) in [7, 11) is 0. The van der Waals surface area contributed by atoms with Crippen LogP contribution in [0.4, 0.5) is 10.1 Å². The van der Waals surface area contributed by atoms with Crippen LogP contribution < -0.4 is 10.3 Å². The summed E-state index contributed by atoms with van der Waals surface area (Å²) in [6.45, 7) is 0. The molecule has 8 rings (SSSR count). The predicted octanol–water partition coefficient (Wildman–Crippen LogP) is 5.11. The van der Waals surface area contributed by atoms with Crippen LogP contribution in [0.15, 0.2) is 108 Å². The number of carbonyl (C=O) groups excluding carboxylic acids is 3. The highest BCUT2D eigenvalue weighted by atomic mass is 19.1. The third-order valence-electron chi connectivity index (χ3n) is 8.71. The number of hydrogen-bond acceptors (Lipinski definition) is 4. The van der Waals surface area contributed by atoms with Crippen molar-refractivity contribution in [1.29, 1.82) is 0 Å². The van der Waals surface area contributed by atoms with E-state index in [-0.39, 0.29) is 30.1 Å². The van der Waals surface area contributed by atoms with Gasteiger partial charge in [-0.15, -0.1) is 0 Å². The SMILES string of the molecule is O=C(CCc1ccccc1)N/N=C\C12c3ccccc3C(c3ccccc31)[C@@H]1C(=O)N(c3ccc(F)cc3)C(=O)[C@@H]12. The summed E-state index contributed by atoms with van der Waals surface area (Å²) >= 11 is 0. The molecule has 6 nitrogen and oxygen atoms in total. The van der Waals surface area contributed by atoms with Gasteiger partial charge in [0.15, 0.2) is 0 Å². The number of hydrogen-bond donors (Lipinski definition) is 1. The minimum absolute atomic E-state index is 0.245. The molecule has 4 aliphatic rings. The second-order valence-corrected chi connectivity index (χ2v) is 10.8. The van der Waals surface area contributed by atoms with Gasteiger partial charge in [-0.1, -0.05) is 78.9 Å². The second-order valence-electron chi connectivity index (χ2n) is 10.8. The van der Waals surface area contributed by atoms with Crippen molar-refractivity contribution in [3.05, 3.63) is 137 Å². The van der Waals surface area contributed by atoms with Gasteiger partial charge in [0.1, 0.15) is 5.82 Å². The number of benzene rings is 4. The number of anilines is 1. The number of imide groups is 1. The summed E-state index contributed by atoms with van der Waals surface area (Å²) in [5.74, 6) is -3.13. The second kappa shape index (κ2) is 9.63. The van der Waals surface area contributed by atoms with Crippen LogP contribution in [-0.4, -0.2) is 23.9 Å². The van der Waals surface area contributed by atoms with E-state index in [1.165, 1.54) is 29.2 Å². The van der Waals surface area contributed by atoms with E-state index in [4.69, 9.17) is 0 Å². The maximum Gasteiger partial charge on any atom is 0.240 e. The third-order valence-corrected chi connectivity index (χ3v) is 8.71. The lowest BCUT2D eigenvalue weighted by molar-refractivity contribution is -0.123. The molecule has 1 aliphatic heterocycles. The molecule has 3 aliphatic carbocycles. The van der Waals surface area contributed by atoms with Crippen LogP contribution in [0, 0.1) is 17.7 Å². The van der Waals surface area contributed by atoms with E-state index >= 15 is 0 Å². The Morgan fingerprint density at radius 3 is 2.10 bits per heavy atom. The molecule has 0 spiro atoms. The topological polar surface area (TPSA) is 78.8 Å². The van der Waals surface area contributed by atoms with Crippen LogP contribution >= 0.6 is 0 Å². The van der Waals surface area contributed by atoms with Crippen LogP contribution in [0.1, 0.15) is 40.2 Å². The first-order chi connectivity index (χ1) is 20.0. The van der Waals surface area contributed by atoms with E-state index < -0.39 is 23.1 Å². The summed E-state index contributed by atoms with van der Waals surface area (Å²) in [4.78, 5) is 42.3. The normalized spacial score (nSPS) is 23.8. The lowest BCUT2D eigenvalue weighted by Gasteiger charge is -2.52. The van der Waals surface area contributed by atoms with Gasteiger partial charge in [0.2, 0.25) is 17.7 Å². The summed E-state index contributed by atoms with van der Waals surface area (Å²) in [5, 5.41) is 4.45. The van der Waals surface area contributed by atoms with Crippen molar-refractivity contribution in [1.82, 2.24) is 5.43 Å². The largest absolute Gasteiger partial charge is 0.274 e. The number of nitrogens with zero attached hydrogens (tertiary/aromatic N) is 2. The van der Waals surface area contributed by atoms with Crippen molar-refractivity contribution >= 4 is 29.6 Å². The molecule has 3 amide bonds. The molecular formula is C34H26FN3O3. The number of aryl methyl sites for hydroxylation is 1. The molecule has 7 heteroatoms. The Labute approximate surface area is 236 Å². The van der Waals surface area contributed by atoms with Crippen LogP contribution in [0.5, 0.6) is 0 Å². The maximum absolute atomic E-state index is 14.3. The number of amides is 3. The van der Waals surface area contributed by atoms with Crippen molar-refractivity contribution in [3.8, 4) is 0 Å². The van der Waals surface area contributed by atoms with E-state index in [2.05, 4.69) is 10.5 Å². The number of halogens is 1. The monoisotopic (exact) mass is 543 g/mol. The quantitative estimate of drug-likeness (QED) is 0.209. The Morgan fingerprint density at radius 1 is 0.829 bits per heavy atom. The van der Waals surface area contributed by atoms with Gasteiger partial charge in [0, 0.05) is 18.6 Å². The highest BCUT2D eigenvalue weighted by Gasteiger charge is 2.68. The fourth-order valence-electron chi connectivity index (χ4n) is 7.06. The molecule has 1 saturated heterocycles. The molecule has 1 fully saturated rings. The average Bonchev–Trinajstić information content (AvgIpc) is 3.28. The lowest BCUT2D eigenvalue weighted by atomic mass is 9.47. The molecule has 4 aromatic rings. The zero-order chi connectivity index (χ0) is 28.1. The van der Waals surface area contributed by atoms with E-state index in [1.54, 1.807) is 6.21 Å².